The van der Waals surface area contributed by atoms with E-state index in [0.29, 0.717) is 13.2 Å². The van der Waals surface area contributed by atoms with Crippen LogP contribution in [-0.4, -0.2) is 45.4 Å². The van der Waals surface area contributed by atoms with Crippen LogP contribution in [0.25, 0.3) is 0 Å². The molecule has 1 saturated heterocycles. The van der Waals surface area contributed by atoms with E-state index in [-0.39, 0.29) is 24.4 Å². The Balaban J connectivity index is 0.00000288. The van der Waals surface area contributed by atoms with Crippen LogP contribution in [0.15, 0.2) is 24.3 Å². The van der Waals surface area contributed by atoms with Crippen LogP contribution in [0.1, 0.15) is 25.3 Å². The number of carbonyl (C=O) groups excluding carboxylic acids is 1. The number of nitrogens with one attached hydrogen (secondary N) is 2. The standard InChI is InChI=1S/C18H28N2O3.ClH/c1-14-5-4-6-16(11-14)23-15(2)12-20-17(21)18(13-22-3)7-9-19-10-8-18;/h4-6,11,15,19H,7-10,12-13H2,1-3H3,(H,20,21);1H. The highest BCUT2D eigenvalue weighted by atomic mass is 35.5. The molecule has 1 heterocycles. The molecule has 0 saturated carbocycles. The fourth-order valence-corrected chi connectivity index (χ4v) is 3.01. The molecule has 0 radical (unpaired) electrons. The first kappa shape index (κ1) is 20.7. The maximum Gasteiger partial charge on any atom is 0.228 e. The molecule has 1 aromatic carbocycles. The van der Waals surface area contributed by atoms with E-state index in [1.807, 2.05) is 38.1 Å². The molecule has 0 bridgehead atoms. The van der Waals surface area contributed by atoms with E-state index in [2.05, 4.69) is 10.6 Å². The van der Waals surface area contributed by atoms with Crippen molar-refractivity contribution < 1.29 is 14.3 Å². The molecule has 1 aliphatic rings. The fourth-order valence-electron chi connectivity index (χ4n) is 3.01. The molecule has 0 spiro atoms. The highest BCUT2D eigenvalue weighted by Crippen LogP contribution is 2.29. The molecule has 2 N–H and O–H groups in total. The van der Waals surface area contributed by atoms with Crippen LogP contribution in [0.5, 0.6) is 5.75 Å². The molecule has 1 aromatic rings. The van der Waals surface area contributed by atoms with Gasteiger partial charge in [-0.3, -0.25) is 4.79 Å². The van der Waals surface area contributed by atoms with Gasteiger partial charge in [0.15, 0.2) is 0 Å². The molecule has 1 unspecified atom stereocenters. The number of benzene rings is 1. The zero-order valence-corrected chi connectivity index (χ0v) is 15.6. The largest absolute Gasteiger partial charge is 0.489 e. The zero-order chi connectivity index (χ0) is 16.7. The Labute approximate surface area is 150 Å². The fraction of sp³-hybridized carbons (Fsp3) is 0.611. The van der Waals surface area contributed by atoms with E-state index in [1.54, 1.807) is 7.11 Å². The molecule has 5 nitrogen and oxygen atoms in total. The van der Waals surface area contributed by atoms with E-state index >= 15 is 0 Å². The maximum absolute atomic E-state index is 12.6. The molecule has 0 aliphatic carbocycles. The second-order valence-corrected chi connectivity index (χ2v) is 6.42. The summed E-state index contributed by atoms with van der Waals surface area (Å²) in [4.78, 5) is 12.6. The molecule has 136 valence electrons. The minimum Gasteiger partial charge on any atom is -0.489 e. The van der Waals surface area contributed by atoms with Crippen LogP contribution in [0.2, 0.25) is 0 Å². The maximum atomic E-state index is 12.6. The summed E-state index contributed by atoms with van der Waals surface area (Å²) in [6, 6.07) is 7.94. The van der Waals surface area contributed by atoms with Crippen molar-refractivity contribution >= 4 is 18.3 Å². The minimum absolute atomic E-state index is 0. The third-order valence-electron chi connectivity index (χ3n) is 4.34. The van der Waals surface area contributed by atoms with Crippen LogP contribution >= 0.6 is 12.4 Å². The van der Waals surface area contributed by atoms with Crippen molar-refractivity contribution in [2.45, 2.75) is 32.8 Å². The Bertz CT molecular complexity index is 513. The molecular weight excluding hydrogens is 328 g/mol. The van der Waals surface area contributed by atoms with Crippen molar-refractivity contribution in [3.05, 3.63) is 29.8 Å². The third kappa shape index (κ3) is 5.65. The van der Waals surface area contributed by atoms with Gasteiger partial charge in [-0.2, -0.15) is 0 Å². The van der Waals surface area contributed by atoms with Gasteiger partial charge in [0, 0.05) is 7.11 Å². The molecular formula is C18H29ClN2O3. The Hall–Kier alpha value is -1.30. The molecule has 6 heteroatoms. The first-order valence-corrected chi connectivity index (χ1v) is 8.27. The summed E-state index contributed by atoms with van der Waals surface area (Å²) in [6.07, 6.45) is 1.53. The zero-order valence-electron chi connectivity index (χ0n) is 14.8. The SMILES string of the molecule is COCC1(C(=O)NCC(C)Oc2cccc(C)c2)CCNCC1.Cl. The smallest absolute Gasteiger partial charge is 0.228 e. The first-order chi connectivity index (χ1) is 11.1. The van der Waals surface area contributed by atoms with E-state index < -0.39 is 5.41 Å². The highest BCUT2D eigenvalue weighted by Gasteiger charge is 2.39. The number of rotatable bonds is 7. The minimum atomic E-state index is -0.414. The Kier molecular flexibility index (Phi) is 8.53. The number of carbonyl (C=O) groups is 1. The predicted octanol–water partition coefficient (Wildman–Crippen LogP) is 2.32. The van der Waals surface area contributed by atoms with Crippen molar-refractivity contribution in [1.82, 2.24) is 10.6 Å². The van der Waals surface area contributed by atoms with Crippen molar-refractivity contribution in [2.24, 2.45) is 5.41 Å². The van der Waals surface area contributed by atoms with Gasteiger partial charge >= 0.3 is 0 Å². The Morgan fingerprint density at radius 1 is 1.38 bits per heavy atom. The Morgan fingerprint density at radius 2 is 2.08 bits per heavy atom. The lowest BCUT2D eigenvalue weighted by Crippen LogP contribution is -2.51. The van der Waals surface area contributed by atoms with Crippen LogP contribution in [0.3, 0.4) is 0 Å². The number of hydrogen-bond donors (Lipinski definition) is 2. The predicted molar refractivity (Wildman–Crippen MR) is 97.9 cm³/mol. The normalized spacial score (nSPS) is 17.5. The second kappa shape index (κ2) is 9.87. The third-order valence-corrected chi connectivity index (χ3v) is 4.34. The summed E-state index contributed by atoms with van der Waals surface area (Å²) in [6.45, 7) is 6.66. The summed E-state index contributed by atoms with van der Waals surface area (Å²) in [7, 11) is 1.65. The van der Waals surface area contributed by atoms with Gasteiger partial charge in [-0.1, -0.05) is 12.1 Å². The molecule has 1 amide bonds. The monoisotopic (exact) mass is 356 g/mol. The van der Waals surface area contributed by atoms with Gasteiger partial charge in [-0.05, 0) is 57.5 Å². The first-order valence-electron chi connectivity index (χ1n) is 8.27. The van der Waals surface area contributed by atoms with Crippen LogP contribution in [-0.2, 0) is 9.53 Å². The average molecular weight is 357 g/mol. The van der Waals surface area contributed by atoms with Crippen molar-refractivity contribution in [2.75, 3.05) is 33.4 Å². The van der Waals surface area contributed by atoms with E-state index in [1.165, 1.54) is 0 Å². The van der Waals surface area contributed by atoms with Gasteiger partial charge in [-0.25, -0.2) is 0 Å². The Morgan fingerprint density at radius 3 is 2.71 bits per heavy atom. The quantitative estimate of drug-likeness (QED) is 0.787. The number of hydrogen-bond acceptors (Lipinski definition) is 4. The van der Waals surface area contributed by atoms with E-state index in [9.17, 15) is 4.79 Å². The number of methoxy groups -OCH3 is 1. The van der Waals surface area contributed by atoms with Gasteiger partial charge in [0.05, 0.1) is 18.6 Å². The van der Waals surface area contributed by atoms with Crippen molar-refractivity contribution in [3.8, 4) is 5.75 Å². The second-order valence-electron chi connectivity index (χ2n) is 6.42. The van der Waals surface area contributed by atoms with Gasteiger partial charge in [-0.15, -0.1) is 12.4 Å². The van der Waals surface area contributed by atoms with E-state index in [0.717, 1.165) is 37.2 Å². The van der Waals surface area contributed by atoms with Gasteiger partial charge < -0.3 is 20.1 Å². The topological polar surface area (TPSA) is 59.6 Å². The van der Waals surface area contributed by atoms with Gasteiger partial charge in [0.25, 0.3) is 0 Å². The number of amides is 1. The lowest BCUT2D eigenvalue weighted by Gasteiger charge is -2.35. The number of ether oxygens (including phenoxy) is 2. The van der Waals surface area contributed by atoms with Crippen LogP contribution < -0.4 is 15.4 Å². The summed E-state index contributed by atoms with van der Waals surface area (Å²) < 4.78 is 11.2. The molecule has 24 heavy (non-hydrogen) atoms. The summed E-state index contributed by atoms with van der Waals surface area (Å²) in [5.74, 6) is 0.903. The van der Waals surface area contributed by atoms with Crippen molar-refractivity contribution in [1.29, 1.82) is 0 Å². The molecule has 1 fully saturated rings. The lowest BCUT2D eigenvalue weighted by molar-refractivity contribution is -0.136. The molecule has 1 atom stereocenters. The average Bonchev–Trinajstić information content (AvgIpc) is 2.54. The highest BCUT2D eigenvalue weighted by molar-refractivity contribution is 5.85. The van der Waals surface area contributed by atoms with Crippen molar-refractivity contribution in [3.63, 3.8) is 0 Å². The van der Waals surface area contributed by atoms with Crippen LogP contribution in [0.4, 0.5) is 0 Å². The van der Waals surface area contributed by atoms with Gasteiger partial charge in [0.2, 0.25) is 5.91 Å². The van der Waals surface area contributed by atoms with Gasteiger partial charge in [0.1, 0.15) is 11.9 Å². The number of aryl methyl sites for hydroxylation is 1. The summed E-state index contributed by atoms with van der Waals surface area (Å²) >= 11 is 0. The van der Waals surface area contributed by atoms with Crippen LogP contribution in [0, 0.1) is 12.3 Å². The molecule has 1 aliphatic heterocycles. The summed E-state index contributed by atoms with van der Waals surface area (Å²) in [5.41, 5.74) is 0.746. The lowest BCUT2D eigenvalue weighted by atomic mass is 9.78. The van der Waals surface area contributed by atoms with E-state index in [4.69, 9.17) is 9.47 Å². The molecule has 2 rings (SSSR count). The number of halogens is 1. The number of piperidine rings is 1. The molecule has 0 aromatic heterocycles. The summed E-state index contributed by atoms with van der Waals surface area (Å²) in [5, 5.41) is 6.34.